The van der Waals surface area contributed by atoms with Crippen molar-refractivity contribution >= 4 is 45.3 Å². The van der Waals surface area contributed by atoms with Gasteiger partial charge in [0.15, 0.2) is 0 Å². The number of rotatable bonds is 3. The highest BCUT2D eigenvalue weighted by atomic mass is 35.5. The highest BCUT2D eigenvalue weighted by molar-refractivity contribution is 7.16. The molecule has 0 fully saturated rings. The Hall–Kier alpha value is -2.84. The van der Waals surface area contributed by atoms with Crippen LogP contribution in [-0.4, -0.2) is 17.1 Å². The Kier molecular flexibility index (Phi) is 4.59. The van der Waals surface area contributed by atoms with Crippen LogP contribution in [0.25, 0.3) is 10.2 Å². The van der Waals surface area contributed by atoms with Crippen molar-refractivity contribution < 1.29 is 13.6 Å². The van der Waals surface area contributed by atoms with Crippen LogP contribution in [0.1, 0.15) is 22.0 Å². The van der Waals surface area contributed by atoms with Crippen molar-refractivity contribution in [3.63, 3.8) is 0 Å². The number of hydrogen-bond acceptors (Lipinski definition) is 5. The molecule has 1 aliphatic rings. The molecule has 9 heteroatoms. The minimum Gasteiger partial charge on any atom is -0.376 e. The Morgan fingerprint density at radius 2 is 2.04 bits per heavy atom. The maximum Gasteiger partial charge on any atom is 0.262 e. The van der Waals surface area contributed by atoms with Gasteiger partial charge in [0.2, 0.25) is 0 Å². The number of thiazole rings is 1. The topological polar surface area (TPSA) is 66.4 Å². The van der Waals surface area contributed by atoms with Crippen molar-refractivity contribution in [3.05, 3.63) is 75.6 Å². The first-order valence-electron chi connectivity index (χ1n) is 7.81. The second kappa shape index (κ2) is 7.05. The summed E-state index contributed by atoms with van der Waals surface area (Å²) in [6.07, 6.45) is 3.01. The minimum absolute atomic E-state index is 0.133. The number of benzene rings is 2. The van der Waals surface area contributed by atoms with Gasteiger partial charge in [0.1, 0.15) is 23.0 Å². The summed E-state index contributed by atoms with van der Waals surface area (Å²) < 4.78 is 28.4. The van der Waals surface area contributed by atoms with Gasteiger partial charge in [-0.25, -0.2) is 18.8 Å². The standard InChI is InChI=1S/C18H11ClF2N4OS/c19-10-5-13-15(27-8-24-13)4-9(10)14-6-23-16(7-22-14)25-18(26)17-11(20)2-1-3-12(17)21/h1-8,14,22H,(H,25,26). The number of nitrogens with zero attached hydrogens (tertiary/aromatic N) is 2. The molecule has 1 aromatic heterocycles. The third-order valence-corrected chi connectivity index (χ3v) is 5.10. The Balaban J connectivity index is 1.51. The summed E-state index contributed by atoms with van der Waals surface area (Å²) in [6.45, 7) is 0. The van der Waals surface area contributed by atoms with Crippen molar-refractivity contribution in [1.29, 1.82) is 0 Å². The van der Waals surface area contributed by atoms with Gasteiger partial charge >= 0.3 is 0 Å². The minimum atomic E-state index is -0.941. The fourth-order valence-electron chi connectivity index (χ4n) is 2.67. The van der Waals surface area contributed by atoms with Gasteiger partial charge in [0.25, 0.3) is 5.91 Å². The molecule has 27 heavy (non-hydrogen) atoms. The summed E-state index contributed by atoms with van der Waals surface area (Å²) in [5.41, 5.74) is 2.70. The summed E-state index contributed by atoms with van der Waals surface area (Å²) in [7, 11) is 0. The fourth-order valence-corrected chi connectivity index (χ4v) is 3.65. The Morgan fingerprint density at radius 1 is 1.26 bits per heavy atom. The van der Waals surface area contributed by atoms with Gasteiger partial charge in [-0.1, -0.05) is 17.7 Å². The quantitative estimate of drug-likeness (QED) is 0.688. The van der Waals surface area contributed by atoms with Crippen molar-refractivity contribution in [2.45, 2.75) is 6.04 Å². The first kappa shape index (κ1) is 17.6. The molecule has 0 aliphatic carbocycles. The van der Waals surface area contributed by atoms with Gasteiger partial charge in [-0.05, 0) is 29.8 Å². The van der Waals surface area contributed by atoms with E-state index in [9.17, 15) is 13.6 Å². The van der Waals surface area contributed by atoms with Crippen molar-refractivity contribution in [3.8, 4) is 0 Å². The third-order valence-electron chi connectivity index (χ3n) is 3.98. The van der Waals surface area contributed by atoms with Crippen molar-refractivity contribution in [2.24, 2.45) is 4.99 Å². The zero-order valence-electron chi connectivity index (χ0n) is 13.5. The second-order valence-electron chi connectivity index (χ2n) is 5.70. The molecule has 0 saturated carbocycles. The predicted molar refractivity (Wildman–Crippen MR) is 101 cm³/mol. The molecular weight excluding hydrogens is 394 g/mol. The highest BCUT2D eigenvalue weighted by Crippen LogP contribution is 2.30. The molecule has 0 radical (unpaired) electrons. The maximum atomic E-state index is 13.7. The lowest BCUT2D eigenvalue weighted by Gasteiger charge is -2.19. The summed E-state index contributed by atoms with van der Waals surface area (Å²) in [5, 5.41) is 5.96. The van der Waals surface area contributed by atoms with Crippen LogP contribution in [0.3, 0.4) is 0 Å². The molecular formula is C18H11ClF2N4OS. The van der Waals surface area contributed by atoms with E-state index in [1.165, 1.54) is 23.6 Å². The van der Waals surface area contributed by atoms with E-state index < -0.39 is 23.1 Å². The Bertz CT molecular complexity index is 1090. The molecule has 5 nitrogen and oxygen atoms in total. The highest BCUT2D eigenvalue weighted by Gasteiger charge is 2.20. The van der Waals surface area contributed by atoms with E-state index in [4.69, 9.17) is 11.6 Å². The van der Waals surface area contributed by atoms with Crippen molar-refractivity contribution in [1.82, 2.24) is 15.6 Å². The van der Waals surface area contributed by atoms with Crippen LogP contribution in [-0.2, 0) is 0 Å². The van der Waals surface area contributed by atoms with Crippen molar-refractivity contribution in [2.75, 3.05) is 0 Å². The summed E-state index contributed by atoms with van der Waals surface area (Å²) in [4.78, 5) is 20.5. The number of hydrogen-bond donors (Lipinski definition) is 2. The van der Waals surface area contributed by atoms with Gasteiger partial charge in [0, 0.05) is 17.4 Å². The molecule has 2 heterocycles. The van der Waals surface area contributed by atoms with E-state index >= 15 is 0 Å². The van der Waals surface area contributed by atoms with E-state index in [1.54, 1.807) is 17.8 Å². The maximum absolute atomic E-state index is 13.7. The van der Waals surface area contributed by atoms with Gasteiger partial charge in [-0.3, -0.25) is 4.79 Å². The SMILES string of the molecule is O=C(NC1=CNC(c2cc3scnc3cc2Cl)C=N1)c1c(F)cccc1F. The third kappa shape index (κ3) is 3.41. The van der Waals surface area contributed by atoms with Crippen LogP contribution in [0, 0.1) is 11.6 Å². The number of fused-ring (bicyclic) bond motifs is 1. The van der Waals surface area contributed by atoms with Crippen LogP contribution in [0.5, 0.6) is 0 Å². The number of aliphatic imine (C=N–C) groups is 1. The molecule has 3 aromatic rings. The summed E-state index contributed by atoms with van der Waals surface area (Å²) in [5.74, 6) is -2.67. The smallest absolute Gasteiger partial charge is 0.262 e. The zero-order chi connectivity index (χ0) is 19.0. The number of amides is 1. The fraction of sp³-hybridized carbons (Fsp3) is 0.0556. The first-order valence-corrected chi connectivity index (χ1v) is 9.07. The predicted octanol–water partition coefficient (Wildman–Crippen LogP) is 4.17. The lowest BCUT2D eigenvalue weighted by molar-refractivity contribution is 0.0957. The molecule has 0 spiro atoms. The number of nitrogens with one attached hydrogen (secondary N) is 2. The second-order valence-corrected chi connectivity index (χ2v) is 6.99. The number of carbonyl (C=O) groups is 1. The van der Waals surface area contributed by atoms with E-state index in [0.29, 0.717) is 5.02 Å². The molecule has 2 N–H and O–H groups in total. The molecule has 4 rings (SSSR count). The molecule has 0 saturated heterocycles. The number of halogens is 3. The zero-order valence-corrected chi connectivity index (χ0v) is 15.1. The lowest BCUT2D eigenvalue weighted by atomic mass is 10.1. The van der Waals surface area contributed by atoms with E-state index in [0.717, 1.165) is 27.9 Å². The van der Waals surface area contributed by atoms with E-state index in [1.807, 2.05) is 6.07 Å². The normalized spacial score (nSPS) is 16.1. The van der Waals surface area contributed by atoms with Crippen LogP contribution in [0.4, 0.5) is 8.78 Å². The average Bonchev–Trinajstić information content (AvgIpc) is 3.09. The first-order chi connectivity index (χ1) is 13.0. The van der Waals surface area contributed by atoms with Gasteiger partial charge < -0.3 is 10.6 Å². The number of carbonyl (C=O) groups excluding carboxylic acids is 1. The van der Waals surface area contributed by atoms with Gasteiger partial charge in [0.05, 0.1) is 21.8 Å². The Morgan fingerprint density at radius 3 is 2.74 bits per heavy atom. The molecule has 2 aromatic carbocycles. The van der Waals surface area contributed by atoms with Crippen LogP contribution < -0.4 is 10.6 Å². The van der Waals surface area contributed by atoms with Crippen LogP contribution in [0.15, 0.2) is 52.9 Å². The lowest BCUT2D eigenvalue weighted by Crippen LogP contribution is -2.29. The van der Waals surface area contributed by atoms with E-state index in [2.05, 4.69) is 20.6 Å². The molecule has 136 valence electrons. The van der Waals surface area contributed by atoms with Gasteiger partial charge in [-0.2, -0.15) is 0 Å². The van der Waals surface area contributed by atoms with Crippen LogP contribution in [0.2, 0.25) is 5.02 Å². The summed E-state index contributed by atoms with van der Waals surface area (Å²) >= 11 is 7.82. The molecule has 0 bridgehead atoms. The van der Waals surface area contributed by atoms with E-state index in [-0.39, 0.29) is 11.9 Å². The number of aromatic nitrogens is 1. The molecule has 1 unspecified atom stereocenters. The Labute approximate surface area is 161 Å². The summed E-state index contributed by atoms with van der Waals surface area (Å²) in [6, 6.07) is 6.61. The largest absolute Gasteiger partial charge is 0.376 e. The average molecular weight is 405 g/mol. The molecule has 1 atom stereocenters. The molecule has 1 aliphatic heterocycles. The van der Waals surface area contributed by atoms with Gasteiger partial charge in [-0.15, -0.1) is 11.3 Å². The van der Waals surface area contributed by atoms with Crippen LogP contribution >= 0.6 is 22.9 Å². The monoisotopic (exact) mass is 404 g/mol. The molecule has 1 amide bonds.